The summed E-state index contributed by atoms with van der Waals surface area (Å²) in [6.07, 6.45) is 1.88. The topological polar surface area (TPSA) is 18.5 Å². The van der Waals surface area contributed by atoms with E-state index in [1.807, 2.05) is 24.3 Å². The minimum absolute atomic E-state index is 0.234. The Morgan fingerprint density at radius 3 is 1.26 bits per heavy atom. The molecule has 0 saturated carbocycles. The molecule has 0 bridgehead atoms. The summed E-state index contributed by atoms with van der Waals surface area (Å²) < 4.78 is 11.7. The molecule has 2 aromatic carbocycles. The van der Waals surface area contributed by atoms with Crippen LogP contribution in [0, 0.1) is 0 Å². The van der Waals surface area contributed by atoms with Crippen molar-refractivity contribution < 1.29 is 9.47 Å². The number of benzene rings is 2. The summed E-state index contributed by atoms with van der Waals surface area (Å²) in [5, 5.41) is 1.86. The van der Waals surface area contributed by atoms with E-state index < -0.39 is 5.41 Å². The maximum atomic E-state index is 6.53. The molecule has 2 rings (SSSR count). The highest BCUT2D eigenvalue weighted by Gasteiger charge is 2.28. The van der Waals surface area contributed by atoms with Crippen LogP contribution in [0.1, 0.15) is 51.7 Å². The monoisotopic (exact) mass is 632 g/mol. The van der Waals surface area contributed by atoms with Gasteiger partial charge in [-0.15, -0.1) is 0 Å². The summed E-state index contributed by atoms with van der Waals surface area (Å²) in [5.41, 5.74) is 1.39. The zero-order valence-corrected chi connectivity index (χ0v) is 24.1. The van der Waals surface area contributed by atoms with Crippen LogP contribution in [0.15, 0.2) is 24.3 Å². The number of rotatable bonds is 10. The molecule has 0 aromatic heterocycles. The Bertz CT molecular complexity index is 788. The maximum absolute atomic E-state index is 6.53. The van der Waals surface area contributed by atoms with Crippen LogP contribution >= 0.6 is 78.3 Å². The van der Waals surface area contributed by atoms with Crippen molar-refractivity contribution in [2.24, 2.45) is 0 Å². The largest absolute Gasteiger partial charge is 0.489 e. The van der Waals surface area contributed by atoms with Gasteiger partial charge >= 0.3 is 0 Å². The molecule has 31 heavy (non-hydrogen) atoms. The van der Waals surface area contributed by atoms with Crippen molar-refractivity contribution in [3.63, 3.8) is 0 Å². The SMILES string of the molecule is CCC(Br)COc1c(Cl)cc(C(C)(C)c2cc(Cl)c(OCC(Br)CC)c(Cl)c2)cc1Cl. The van der Waals surface area contributed by atoms with Gasteiger partial charge in [-0.2, -0.15) is 0 Å². The van der Waals surface area contributed by atoms with Gasteiger partial charge in [-0.05, 0) is 48.2 Å². The second-order valence-corrected chi connectivity index (χ2v) is 12.0. The van der Waals surface area contributed by atoms with E-state index in [1.54, 1.807) is 0 Å². The van der Waals surface area contributed by atoms with Gasteiger partial charge in [0.2, 0.25) is 0 Å². The molecule has 2 aromatic rings. The van der Waals surface area contributed by atoms with E-state index in [2.05, 4.69) is 59.6 Å². The molecular weight excluding hydrogens is 610 g/mol. The van der Waals surface area contributed by atoms with Crippen LogP contribution in [0.4, 0.5) is 0 Å². The molecule has 2 unspecified atom stereocenters. The highest BCUT2D eigenvalue weighted by atomic mass is 79.9. The standard InChI is InChI=1S/C23H26Br2Cl4O2/c1-5-15(24)11-30-21-17(26)7-13(8-18(21)27)23(3,4)14-9-19(28)22(20(29)10-14)31-12-16(25)6-2/h7-10,15-16H,5-6,11-12H2,1-4H3. The first-order valence-electron chi connectivity index (χ1n) is 10.0. The third kappa shape index (κ3) is 7.07. The van der Waals surface area contributed by atoms with Crippen LogP contribution in [-0.2, 0) is 5.41 Å². The molecule has 0 amide bonds. The molecule has 0 radical (unpaired) electrons. The van der Waals surface area contributed by atoms with Crippen LogP contribution in [0.25, 0.3) is 0 Å². The fraction of sp³-hybridized carbons (Fsp3) is 0.478. The summed E-state index contributed by atoms with van der Waals surface area (Å²) in [4.78, 5) is 0.468. The molecular formula is C23H26Br2Cl4O2. The van der Waals surface area contributed by atoms with Crippen molar-refractivity contribution in [2.75, 3.05) is 13.2 Å². The van der Waals surface area contributed by atoms with Crippen LogP contribution in [-0.4, -0.2) is 22.9 Å². The van der Waals surface area contributed by atoms with Gasteiger partial charge in [0.1, 0.15) is 13.2 Å². The fourth-order valence-corrected chi connectivity index (χ4v) is 4.32. The van der Waals surface area contributed by atoms with E-state index in [4.69, 9.17) is 55.9 Å². The fourth-order valence-electron chi connectivity index (χ4n) is 2.87. The van der Waals surface area contributed by atoms with Gasteiger partial charge in [0.15, 0.2) is 11.5 Å². The summed E-state index contributed by atoms with van der Waals surface area (Å²) in [5.74, 6) is 0.974. The normalized spacial score (nSPS) is 13.7. The van der Waals surface area contributed by atoms with Gasteiger partial charge in [-0.25, -0.2) is 0 Å². The smallest absolute Gasteiger partial charge is 0.156 e. The zero-order valence-electron chi connectivity index (χ0n) is 17.9. The first kappa shape index (κ1) is 27.4. The minimum atomic E-state index is -0.458. The Balaban J connectivity index is 2.34. The van der Waals surface area contributed by atoms with Crippen LogP contribution < -0.4 is 9.47 Å². The van der Waals surface area contributed by atoms with E-state index in [9.17, 15) is 0 Å². The number of halogens is 6. The van der Waals surface area contributed by atoms with Crippen LogP contribution in [0.3, 0.4) is 0 Å². The van der Waals surface area contributed by atoms with Gasteiger partial charge in [0, 0.05) is 15.1 Å². The molecule has 0 aliphatic carbocycles. The lowest BCUT2D eigenvalue weighted by Crippen LogP contribution is -2.20. The van der Waals surface area contributed by atoms with E-state index in [0.29, 0.717) is 44.8 Å². The van der Waals surface area contributed by atoms with Crippen molar-refractivity contribution in [3.05, 3.63) is 55.5 Å². The van der Waals surface area contributed by atoms with Crippen molar-refractivity contribution >= 4 is 78.3 Å². The molecule has 0 fully saturated rings. The molecule has 0 N–H and O–H groups in total. The summed E-state index contributed by atoms with van der Waals surface area (Å²) in [7, 11) is 0. The first-order valence-corrected chi connectivity index (χ1v) is 13.4. The second kappa shape index (κ2) is 12.0. The number of alkyl halides is 2. The Labute approximate surface area is 222 Å². The predicted molar refractivity (Wildman–Crippen MR) is 142 cm³/mol. The quantitative estimate of drug-likeness (QED) is 0.242. The van der Waals surface area contributed by atoms with E-state index >= 15 is 0 Å². The highest BCUT2D eigenvalue weighted by molar-refractivity contribution is 9.09. The lowest BCUT2D eigenvalue weighted by molar-refractivity contribution is 0.317. The van der Waals surface area contributed by atoms with E-state index in [0.717, 1.165) is 24.0 Å². The van der Waals surface area contributed by atoms with Crippen LogP contribution in [0.5, 0.6) is 11.5 Å². The number of hydrogen-bond donors (Lipinski definition) is 0. The van der Waals surface area contributed by atoms with E-state index in [-0.39, 0.29) is 9.65 Å². The third-order valence-corrected chi connectivity index (χ3v) is 8.09. The van der Waals surface area contributed by atoms with Gasteiger partial charge in [-0.1, -0.05) is 106 Å². The Morgan fingerprint density at radius 1 is 0.710 bits per heavy atom. The second-order valence-electron chi connectivity index (χ2n) is 7.80. The molecule has 2 atom stereocenters. The predicted octanol–water partition coefficient (Wildman–Crippen LogP) is 9.73. The summed E-state index contributed by atoms with van der Waals surface area (Å²) in [6.45, 7) is 9.25. The molecule has 0 heterocycles. The minimum Gasteiger partial charge on any atom is -0.489 e. The van der Waals surface area contributed by atoms with Crippen molar-refractivity contribution in [1.82, 2.24) is 0 Å². The lowest BCUT2D eigenvalue weighted by atomic mass is 9.78. The third-order valence-electron chi connectivity index (χ3n) is 5.14. The van der Waals surface area contributed by atoms with Crippen molar-refractivity contribution in [1.29, 1.82) is 0 Å². The molecule has 0 spiro atoms. The lowest BCUT2D eigenvalue weighted by Gasteiger charge is -2.28. The van der Waals surface area contributed by atoms with Crippen molar-refractivity contribution in [3.8, 4) is 11.5 Å². The molecule has 0 aliphatic rings. The van der Waals surface area contributed by atoms with Gasteiger partial charge in [0.25, 0.3) is 0 Å². The van der Waals surface area contributed by atoms with Gasteiger partial charge in [0.05, 0.1) is 20.1 Å². The van der Waals surface area contributed by atoms with Crippen molar-refractivity contribution in [2.45, 2.75) is 55.6 Å². The highest BCUT2D eigenvalue weighted by Crippen LogP contribution is 2.44. The van der Waals surface area contributed by atoms with Crippen LogP contribution in [0.2, 0.25) is 20.1 Å². The number of ether oxygens (including phenoxy) is 2. The molecule has 0 saturated heterocycles. The van der Waals surface area contributed by atoms with E-state index in [1.165, 1.54) is 0 Å². The first-order chi connectivity index (χ1) is 14.5. The Kier molecular flexibility index (Phi) is 10.6. The molecule has 2 nitrogen and oxygen atoms in total. The average Bonchev–Trinajstić information content (AvgIpc) is 2.71. The zero-order chi connectivity index (χ0) is 23.3. The van der Waals surface area contributed by atoms with Gasteiger partial charge in [-0.3, -0.25) is 0 Å². The maximum Gasteiger partial charge on any atom is 0.156 e. The summed E-state index contributed by atoms with van der Waals surface area (Å²) >= 11 is 33.2. The van der Waals surface area contributed by atoms with Gasteiger partial charge < -0.3 is 9.47 Å². The molecule has 0 aliphatic heterocycles. The Hall–Kier alpha value is 0.160. The Morgan fingerprint density at radius 2 is 1.00 bits per heavy atom. The summed E-state index contributed by atoms with van der Waals surface area (Å²) in [6, 6.07) is 7.50. The number of hydrogen-bond acceptors (Lipinski definition) is 2. The average molecular weight is 636 g/mol. The molecule has 172 valence electrons. The molecule has 8 heteroatoms.